The molecule has 0 aliphatic carbocycles. The van der Waals surface area contributed by atoms with Crippen LogP contribution in [-0.4, -0.2) is 45.3 Å². The van der Waals surface area contributed by atoms with Gasteiger partial charge in [-0.1, -0.05) is 0 Å². The van der Waals surface area contributed by atoms with Crippen LogP contribution >= 0.6 is 0 Å². The van der Waals surface area contributed by atoms with Crippen molar-refractivity contribution < 1.29 is 20.1 Å². The van der Waals surface area contributed by atoms with Gasteiger partial charge in [0.2, 0.25) is 0 Å². The van der Waals surface area contributed by atoms with E-state index < -0.39 is 0 Å². The fourth-order valence-electron chi connectivity index (χ4n) is 2.31. The van der Waals surface area contributed by atoms with E-state index in [4.69, 9.17) is 0 Å². The summed E-state index contributed by atoms with van der Waals surface area (Å²) < 4.78 is 0. The van der Waals surface area contributed by atoms with Crippen molar-refractivity contribution in [1.29, 1.82) is 0 Å². The molecule has 0 aromatic heterocycles. The molecule has 1 atom stereocenters. The minimum atomic E-state index is -0.345. The summed E-state index contributed by atoms with van der Waals surface area (Å²) in [6.45, 7) is 0.491. The minimum Gasteiger partial charge on any atom is -0.508 e. The lowest BCUT2D eigenvalue weighted by atomic mass is 10.0. The first-order valence-corrected chi connectivity index (χ1v) is 6.07. The molecule has 5 nitrogen and oxygen atoms in total. The number of likely N-dealkylation sites (tertiary alicyclic amines) is 1. The van der Waals surface area contributed by atoms with Gasteiger partial charge in [-0.2, -0.15) is 0 Å². The average Bonchev–Trinajstić information content (AvgIpc) is 2.40. The molecule has 1 aromatic carbocycles. The molecule has 0 radical (unpaired) electrons. The van der Waals surface area contributed by atoms with Gasteiger partial charge < -0.3 is 20.2 Å². The Hall–Kier alpha value is -1.75. The second-order valence-electron chi connectivity index (χ2n) is 4.53. The lowest BCUT2D eigenvalue weighted by Crippen LogP contribution is -2.45. The number of hydrogen-bond donors (Lipinski definition) is 3. The van der Waals surface area contributed by atoms with Gasteiger partial charge in [-0.3, -0.25) is 4.79 Å². The topological polar surface area (TPSA) is 81.0 Å². The van der Waals surface area contributed by atoms with E-state index in [0.29, 0.717) is 6.54 Å². The first kappa shape index (κ1) is 12.7. The Morgan fingerprint density at radius 1 is 1.33 bits per heavy atom. The minimum absolute atomic E-state index is 0.0614. The molecule has 1 heterocycles. The van der Waals surface area contributed by atoms with Crippen molar-refractivity contribution in [3.05, 3.63) is 23.8 Å². The quantitative estimate of drug-likeness (QED) is 0.687. The molecule has 1 aliphatic rings. The second-order valence-corrected chi connectivity index (χ2v) is 4.53. The van der Waals surface area contributed by atoms with Crippen LogP contribution in [0.3, 0.4) is 0 Å². The van der Waals surface area contributed by atoms with Crippen LogP contribution in [-0.2, 0) is 0 Å². The van der Waals surface area contributed by atoms with E-state index in [9.17, 15) is 20.1 Å². The van der Waals surface area contributed by atoms with Gasteiger partial charge >= 0.3 is 0 Å². The Bertz CT molecular complexity index is 447. The third-order valence-corrected chi connectivity index (χ3v) is 3.31. The molecule has 0 bridgehead atoms. The van der Waals surface area contributed by atoms with Crippen molar-refractivity contribution in [2.45, 2.75) is 25.3 Å². The van der Waals surface area contributed by atoms with E-state index >= 15 is 0 Å². The number of carbonyl (C=O) groups excluding carboxylic acids is 1. The van der Waals surface area contributed by atoms with Crippen LogP contribution in [0.5, 0.6) is 11.5 Å². The molecule has 1 unspecified atom stereocenters. The van der Waals surface area contributed by atoms with E-state index in [2.05, 4.69) is 0 Å². The molecule has 1 aliphatic heterocycles. The summed E-state index contributed by atoms with van der Waals surface area (Å²) >= 11 is 0. The number of carbonyl (C=O) groups is 1. The SMILES string of the molecule is O=C(c1cc(O)ccc1O)N1CCCCC1CO. The summed E-state index contributed by atoms with van der Waals surface area (Å²) in [5.74, 6) is -0.559. The summed E-state index contributed by atoms with van der Waals surface area (Å²) in [7, 11) is 0. The number of nitrogens with zero attached hydrogens (tertiary/aromatic N) is 1. The number of rotatable bonds is 2. The van der Waals surface area contributed by atoms with Gasteiger partial charge in [0.1, 0.15) is 11.5 Å². The zero-order chi connectivity index (χ0) is 13.1. The number of phenols is 2. The molecule has 18 heavy (non-hydrogen) atoms. The van der Waals surface area contributed by atoms with Crippen LogP contribution in [0.4, 0.5) is 0 Å². The third kappa shape index (κ3) is 2.41. The lowest BCUT2D eigenvalue weighted by Gasteiger charge is -2.34. The fraction of sp³-hybridized carbons (Fsp3) is 0.462. The maximum atomic E-state index is 12.3. The summed E-state index contributed by atoms with van der Waals surface area (Å²) in [6, 6.07) is 3.67. The Morgan fingerprint density at radius 2 is 2.11 bits per heavy atom. The number of aromatic hydroxyl groups is 2. The van der Waals surface area contributed by atoms with Crippen molar-refractivity contribution in [2.75, 3.05) is 13.2 Å². The highest BCUT2D eigenvalue weighted by Crippen LogP contribution is 2.26. The first-order valence-electron chi connectivity index (χ1n) is 6.07. The Labute approximate surface area is 105 Å². The van der Waals surface area contributed by atoms with Crippen LogP contribution in [0.1, 0.15) is 29.6 Å². The highest BCUT2D eigenvalue weighted by Gasteiger charge is 2.28. The standard InChI is InChI=1S/C13H17NO4/c15-8-9-3-1-2-6-14(9)13(18)11-7-10(16)4-5-12(11)17/h4-5,7,9,15-17H,1-3,6,8H2. The number of aliphatic hydroxyl groups is 1. The highest BCUT2D eigenvalue weighted by atomic mass is 16.3. The Balaban J connectivity index is 2.26. The lowest BCUT2D eigenvalue weighted by molar-refractivity contribution is 0.0500. The van der Waals surface area contributed by atoms with E-state index in [1.165, 1.54) is 18.2 Å². The van der Waals surface area contributed by atoms with Gasteiger partial charge in [0.25, 0.3) is 5.91 Å². The van der Waals surface area contributed by atoms with Crippen molar-refractivity contribution in [1.82, 2.24) is 4.90 Å². The van der Waals surface area contributed by atoms with E-state index in [1.807, 2.05) is 0 Å². The average molecular weight is 251 g/mol. The smallest absolute Gasteiger partial charge is 0.258 e. The number of piperidine rings is 1. The molecule has 1 fully saturated rings. The summed E-state index contributed by atoms with van der Waals surface area (Å²) in [5.41, 5.74) is 0.0790. The number of benzene rings is 1. The van der Waals surface area contributed by atoms with E-state index in [1.54, 1.807) is 4.90 Å². The summed E-state index contributed by atoms with van der Waals surface area (Å²) in [5, 5.41) is 28.3. The number of hydrogen-bond acceptors (Lipinski definition) is 4. The van der Waals surface area contributed by atoms with E-state index in [-0.39, 0.29) is 35.6 Å². The van der Waals surface area contributed by atoms with Crippen molar-refractivity contribution in [3.63, 3.8) is 0 Å². The second kappa shape index (κ2) is 5.27. The molecule has 98 valence electrons. The van der Waals surface area contributed by atoms with Crippen LogP contribution < -0.4 is 0 Å². The normalized spacial score (nSPS) is 19.8. The fourth-order valence-corrected chi connectivity index (χ4v) is 2.31. The van der Waals surface area contributed by atoms with Gasteiger partial charge in [-0.15, -0.1) is 0 Å². The Kier molecular flexibility index (Phi) is 3.72. The van der Waals surface area contributed by atoms with Gasteiger partial charge in [-0.05, 0) is 37.5 Å². The molecule has 1 amide bonds. The molecule has 2 rings (SSSR count). The molecule has 5 heteroatoms. The Morgan fingerprint density at radius 3 is 2.83 bits per heavy atom. The molecular formula is C13H17NO4. The predicted molar refractivity (Wildman–Crippen MR) is 65.5 cm³/mol. The first-order chi connectivity index (χ1) is 8.63. The molecular weight excluding hydrogens is 234 g/mol. The van der Waals surface area contributed by atoms with Crippen LogP contribution in [0, 0.1) is 0 Å². The largest absolute Gasteiger partial charge is 0.508 e. The molecule has 0 spiro atoms. The van der Waals surface area contributed by atoms with Crippen molar-refractivity contribution >= 4 is 5.91 Å². The zero-order valence-corrected chi connectivity index (χ0v) is 10.0. The number of amides is 1. The maximum Gasteiger partial charge on any atom is 0.258 e. The van der Waals surface area contributed by atoms with Gasteiger partial charge in [0.15, 0.2) is 0 Å². The highest BCUT2D eigenvalue weighted by molar-refractivity contribution is 5.97. The zero-order valence-electron chi connectivity index (χ0n) is 10.0. The molecule has 1 saturated heterocycles. The number of phenolic OH excluding ortho intramolecular Hbond substituents is 2. The van der Waals surface area contributed by atoms with Crippen molar-refractivity contribution in [3.8, 4) is 11.5 Å². The summed E-state index contributed by atoms with van der Waals surface area (Å²) in [6.07, 6.45) is 2.64. The maximum absolute atomic E-state index is 12.3. The van der Waals surface area contributed by atoms with Crippen LogP contribution in [0.25, 0.3) is 0 Å². The third-order valence-electron chi connectivity index (χ3n) is 3.31. The van der Waals surface area contributed by atoms with E-state index in [0.717, 1.165) is 19.3 Å². The monoisotopic (exact) mass is 251 g/mol. The summed E-state index contributed by atoms with van der Waals surface area (Å²) in [4.78, 5) is 13.9. The van der Waals surface area contributed by atoms with Gasteiger partial charge in [0, 0.05) is 6.54 Å². The van der Waals surface area contributed by atoms with Gasteiger partial charge in [0.05, 0.1) is 18.2 Å². The predicted octanol–water partition coefficient (Wildman–Crippen LogP) is 1.08. The molecule has 1 aromatic rings. The number of aliphatic hydroxyl groups excluding tert-OH is 1. The van der Waals surface area contributed by atoms with Crippen LogP contribution in [0.15, 0.2) is 18.2 Å². The van der Waals surface area contributed by atoms with Crippen molar-refractivity contribution in [2.24, 2.45) is 0 Å². The van der Waals surface area contributed by atoms with Crippen LogP contribution in [0.2, 0.25) is 0 Å². The van der Waals surface area contributed by atoms with Gasteiger partial charge in [-0.25, -0.2) is 0 Å². The molecule has 3 N–H and O–H groups in total. The molecule has 0 saturated carbocycles.